The smallest absolute Gasteiger partial charge is 0.151 e. The first-order valence-corrected chi connectivity index (χ1v) is 7.26. The van der Waals surface area contributed by atoms with Crippen LogP contribution < -0.4 is 0 Å². The van der Waals surface area contributed by atoms with E-state index in [1.165, 1.54) is 0 Å². The van der Waals surface area contributed by atoms with Gasteiger partial charge in [-0.1, -0.05) is 0 Å². The van der Waals surface area contributed by atoms with Gasteiger partial charge in [-0.05, 0) is 76.7 Å². The Hall–Kier alpha value is -0.710. The average Bonchev–Trinajstić information content (AvgIpc) is 2.63. The Kier molecular flexibility index (Phi) is 4.20. The molecule has 0 fully saturated rings. The van der Waals surface area contributed by atoms with Gasteiger partial charge in [0.2, 0.25) is 0 Å². The van der Waals surface area contributed by atoms with E-state index in [9.17, 15) is 5.11 Å². The fourth-order valence-corrected chi connectivity index (χ4v) is 3.23. The molecule has 5 nitrogen and oxygen atoms in total. The van der Waals surface area contributed by atoms with Crippen molar-refractivity contribution in [3.8, 4) is 5.75 Å². The third-order valence-electron chi connectivity index (χ3n) is 2.31. The van der Waals surface area contributed by atoms with Gasteiger partial charge in [0.15, 0.2) is 11.6 Å². The Morgan fingerprint density at radius 1 is 1.17 bits per heavy atom. The Labute approximate surface area is 132 Å². The molecule has 0 amide bonds. The van der Waals surface area contributed by atoms with Crippen molar-refractivity contribution in [1.29, 1.82) is 0 Å². The molecule has 0 unspecified atom stereocenters. The normalized spacial score (nSPS) is 11.3. The van der Waals surface area contributed by atoms with E-state index in [0.717, 1.165) is 24.4 Å². The molecule has 94 valence electrons. The summed E-state index contributed by atoms with van der Waals surface area (Å²) in [5.74, 6) is 1.80. The number of halogens is 2. The van der Waals surface area contributed by atoms with Gasteiger partial charge in [0, 0.05) is 0 Å². The third-order valence-corrected chi connectivity index (χ3v) is 3.96. The minimum atomic E-state index is 0.310. The van der Waals surface area contributed by atoms with Crippen LogP contribution in [0.15, 0.2) is 17.2 Å². The molecule has 0 aliphatic heterocycles. The number of rotatable bonds is 2. The highest BCUT2D eigenvalue weighted by atomic mass is 127. The molecular weight excluding hydrogens is 458 g/mol. The number of nitrogens with zero attached hydrogens (tertiary/aromatic N) is 4. The molecule has 2 rings (SSSR count). The minimum absolute atomic E-state index is 0.310. The van der Waals surface area contributed by atoms with E-state index >= 15 is 0 Å². The summed E-state index contributed by atoms with van der Waals surface area (Å²) >= 11 is 4.19. The Morgan fingerprint density at radius 2 is 1.67 bits per heavy atom. The second-order valence-corrected chi connectivity index (χ2v) is 6.01. The molecule has 0 aliphatic rings. The van der Waals surface area contributed by atoms with Gasteiger partial charge in [-0.3, -0.25) is 0 Å². The van der Waals surface area contributed by atoms with Gasteiger partial charge >= 0.3 is 0 Å². The molecule has 1 aromatic heterocycles. The van der Waals surface area contributed by atoms with Crippen LogP contribution >= 0.6 is 45.2 Å². The number of aromatic hydroxyl groups is 1. The summed E-state index contributed by atoms with van der Waals surface area (Å²) in [5.41, 5.74) is 0.925. The van der Waals surface area contributed by atoms with Crippen LogP contribution in [0.2, 0.25) is 0 Å². The van der Waals surface area contributed by atoms with E-state index in [4.69, 9.17) is 0 Å². The van der Waals surface area contributed by atoms with Gasteiger partial charge < -0.3 is 5.11 Å². The zero-order valence-corrected chi connectivity index (χ0v) is 14.0. The predicted molar refractivity (Wildman–Crippen MR) is 86.0 cm³/mol. The number of aromatic nitrogens is 3. The largest absolute Gasteiger partial charge is 0.506 e. The van der Waals surface area contributed by atoms with Gasteiger partial charge in [-0.2, -0.15) is 5.10 Å². The van der Waals surface area contributed by atoms with Crippen LogP contribution in [0.5, 0.6) is 5.75 Å². The maximum atomic E-state index is 9.69. The predicted octanol–water partition coefficient (Wildman–Crippen LogP) is 2.69. The molecular formula is C11H10I2N4O. The zero-order valence-electron chi connectivity index (χ0n) is 9.72. The maximum absolute atomic E-state index is 9.69. The van der Waals surface area contributed by atoms with Crippen molar-refractivity contribution in [3.63, 3.8) is 0 Å². The summed E-state index contributed by atoms with van der Waals surface area (Å²) in [5, 5.41) is 21.9. The van der Waals surface area contributed by atoms with Crippen molar-refractivity contribution in [1.82, 2.24) is 14.9 Å². The summed E-state index contributed by atoms with van der Waals surface area (Å²) in [6.45, 7) is 3.70. The van der Waals surface area contributed by atoms with E-state index in [2.05, 4.69) is 60.5 Å². The van der Waals surface area contributed by atoms with Gasteiger partial charge in [0.1, 0.15) is 5.75 Å². The summed E-state index contributed by atoms with van der Waals surface area (Å²) in [7, 11) is 0. The lowest BCUT2D eigenvalue weighted by Crippen LogP contribution is -1.97. The molecule has 0 spiro atoms. The maximum Gasteiger partial charge on any atom is 0.151 e. The van der Waals surface area contributed by atoms with Crippen LogP contribution in [0.25, 0.3) is 0 Å². The van der Waals surface area contributed by atoms with Crippen molar-refractivity contribution in [3.05, 3.63) is 36.5 Å². The molecule has 18 heavy (non-hydrogen) atoms. The topological polar surface area (TPSA) is 63.3 Å². The first-order valence-electron chi connectivity index (χ1n) is 5.10. The van der Waals surface area contributed by atoms with Gasteiger partial charge in [0.05, 0.1) is 13.4 Å². The molecule has 1 heterocycles. The molecule has 1 N–H and O–H groups in total. The van der Waals surface area contributed by atoms with Crippen molar-refractivity contribution >= 4 is 51.4 Å². The SMILES string of the molecule is Cc1nnc(C)n1/N=C\c1cc(I)c(O)c(I)c1. The van der Waals surface area contributed by atoms with Crippen molar-refractivity contribution in [2.45, 2.75) is 13.8 Å². The van der Waals surface area contributed by atoms with Gasteiger partial charge in [-0.25, -0.2) is 4.68 Å². The summed E-state index contributed by atoms with van der Waals surface area (Å²) in [6.07, 6.45) is 1.73. The highest BCUT2D eigenvalue weighted by Gasteiger charge is 2.05. The highest BCUT2D eigenvalue weighted by molar-refractivity contribution is 14.1. The molecule has 0 saturated heterocycles. The highest BCUT2D eigenvalue weighted by Crippen LogP contribution is 2.26. The molecule has 0 radical (unpaired) electrons. The molecule has 0 saturated carbocycles. The second kappa shape index (κ2) is 5.51. The van der Waals surface area contributed by atoms with Gasteiger partial charge in [-0.15, -0.1) is 10.2 Å². The Bertz CT molecular complexity index is 579. The molecule has 2 aromatic rings. The van der Waals surface area contributed by atoms with Gasteiger partial charge in [0.25, 0.3) is 0 Å². The number of aryl methyl sites for hydroxylation is 2. The first kappa shape index (κ1) is 13.7. The molecule has 0 atom stereocenters. The van der Waals surface area contributed by atoms with Crippen LogP contribution in [0.4, 0.5) is 0 Å². The zero-order chi connectivity index (χ0) is 13.3. The number of benzene rings is 1. The monoisotopic (exact) mass is 468 g/mol. The van der Waals surface area contributed by atoms with Crippen LogP contribution in [0.1, 0.15) is 17.2 Å². The lowest BCUT2D eigenvalue weighted by atomic mass is 10.2. The number of phenols is 1. The average molecular weight is 468 g/mol. The fourth-order valence-electron chi connectivity index (χ4n) is 1.41. The minimum Gasteiger partial charge on any atom is -0.506 e. The van der Waals surface area contributed by atoms with E-state index in [0.29, 0.717) is 5.75 Å². The summed E-state index contributed by atoms with van der Waals surface area (Å²) < 4.78 is 3.28. The summed E-state index contributed by atoms with van der Waals surface area (Å²) in [6, 6.07) is 3.74. The quantitative estimate of drug-likeness (QED) is 0.545. The molecule has 7 heteroatoms. The van der Waals surface area contributed by atoms with E-state index in [1.54, 1.807) is 10.9 Å². The van der Waals surface area contributed by atoms with E-state index in [1.807, 2.05) is 26.0 Å². The molecule has 0 bridgehead atoms. The van der Waals surface area contributed by atoms with E-state index < -0.39 is 0 Å². The summed E-state index contributed by atoms with van der Waals surface area (Å²) in [4.78, 5) is 0. The standard InChI is InChI=1S/C11H10I2N4O/c1-6-15-16-7(2)17(6)14-5-8-3-9(12)11(18)10(13)4-8/h3-5,18H,1-2H3/b14-5-. The van der Waals surface area contributed by atoms with Crippen LogP contribution in [-0.2, 0) is 0 Å². The van der Waals surface area contributed by atoms with Crippen molar-refractivity contribution in [2.75, 3.05) is 0 Å². The number of hydrogen-bond acceptors (Lipinski definition) is 4. The number of phenolic OH excluding ortho intramolecular Hbond substituents is 1. The molecule has 0 aliphatic carbocycles. The van der Waals surface area contributed by atoms with Crippen LogP contribution in [0, 0.1) is 21.0 Å². The second-order valence-electron chi connectivity index (χ2n) is 3.68. The van der Waals surface area contributed by atoms with Crippen LogP contribution in [0.3, 0.4) is 0 Å². The fraction of sp³-hybridized carbons (Fsp3) is 0.182. The lowest BCUT2D eigenvalue weighted by molar-refractivity contribution is 0.467. The van der Waals surface area contributed by atoms with E-state index in [-0.39, 0.29) is 0 Å². The first-order chi connectivity index (χ1) is 8.49. The van der Waals surface area contributed by atoms with Crippen molar-refractivity contribution < 1.29 is 5.11 Å². The Morgan fingerprint density at radius 3 is 2.17 bits per heavy atom. The number of hydrogen-bond donors (Lipinski definition) is 1. The third kappa shape index (κ3) is 2.82. The van der Waals surface area contributed by atoms with Crippen LogP contribution in [-0.4, -0.2) is 26.2 Å². The molecule has 1 aromatic carbocycles. The van der Waals surface area contributed by atoms with Crippen molar-refractivity contribution in [2.24, 2.45) is 5.10 Å². The Balaban J connectivity index is 2.35. The lowest BCUT2D eigenvalue weighted by Gasteiger charge is -2.02.